The summed E-state index contributed by atoms with van der Waals surface area (Å²) in [6, 6.07) is 4.01. The van der Waals surface area contributed by atoms with E-state index in [9.17, 15) is 0 Å². The van der Waals surface area contributed by atoms with Gasteiger partial charge in [-0.25, -0.2) is 4.98 Å². The number of guanidine groups is 1. The van der Waals surface area contributed by atoms with E-state index in [1.165, 1.54) is 0 Å². The molecule has 0 aliphatic carbocycles. The number of thiazole rings is 1. The molecule has 0 saturated heterocycles. The van der Waals surface area contributed by atoms with E-state index in [4.69, 9.17) is 9.47 Å². The molecule has 0 atom stereocenters. The number of aromatic nitrogens is 1. The highest BCUT2D eigenvalue weighted by atomic mass is 32.1. The zero-order valence-electron chi connectivity index (χ0n) is 17.2. The lowest BCUT2D eigenvalue weighted by molar-refractivity contribution is 0.353. The Kier molecular flexibility index (Phi) is 7.29. The zero-order valence-corrected chi connectivity index (χ0v) is 18.0. The molecule has 0 unspecified atom stereocenters. The molecule has 2 rings (SSSR count). The molecule has 27 heavy (non-hydrogen) atoms. The van der Waals surface area contributed by atoms with Gasteiger partial charge in [0.15, 0.2) is 22.6 Å². The van der Waals surface area contributed by atoms with E-state index in [1.807, 2.05) is 38.2 Å². The van der Waals surface area contributed by atoms with Crippen molar-refractivity contribution in [2.24, 2.45) is 4.99 Å². The molecule has 0 bridgehead atoms. The summed E-state index contributed by atoms with van der Waals surface area (Å²) in [6.45, 7) is 3.40. The summed E-state index contributed by atoms with van der Waals surface area (Å²) < 4.78 is 10.8. The third-order valence-electron chi connectivity index (χ3n) is 4.17. The number of nitrogens with one attached hydrogen (secondary N) is 1. The summed E-state index contributed by atoms with van der Waals surface area (Å²) in [5.74, 6) is 2.28. The summed E-state index contributed by atoms with van der Waals surface area (Å²) in [5.41, 5.74) is 3.30. The van der Waals surface area contributed by atoms with Crippen LogP contribution >= 0.6 is 11.3 Å². The van der Waals surface area contributed by atoms with Gasteiger partial charge in [0.1, 0.15) is 0 Å². The van der Waals surface area contributed by atoms with E-state index in [1.54, 1.807) is 32.6 Å². The van der Waals surface area contributed by atoms with Crippen LogP contribution < -0.4 is 19.7 Å². The number of aryl methyl sites for hydroxylation is 1. The largest absolute Gasteiger partial charge is 0.493 e. The predicted octanol–water partition coefficient (Wildman–Crippen LogP) is 2.74. The first kappa shape index (κ1) is 20.8. The van der Waals surface area contributed by atoms with Crippen molar-refractivity contribution in [3.8, 4) is 11.5 Å². The lowest BCUT2D eigenvalue weighted by atomic mass is 10.1. The van der Waals surface area contributed by atoms with Crippen LogP contribution in [0.5, 0.6) is 11.5 Å². The number of anilines is 1. The van der Waals surface area contributed by atoms with E-state index in [-0.39, 0.29) is 0 Å². The molecule has 0 aliphatic rings. The van der Waals surface area contributed by atoms with Gasteiger partial charge in [0.25, 0.3) is 0 Å². The quantitative estimate of drug-likeness (QED) is 0.578. The standard InChI is InChI=1S/C19H29N5O2S/c1-13-8-16(25-6)17(26-7)9-14(13)11-24(5)18(20-2)21-10-15-12-27-19(22-15)23(3)4/h8-9,12H,10-11H2,1-7H3,(H,20,21). The van der Waals surface area contributed by atoms with Crippen molar-refractivity contribution >= 4 is 22.4 Å². The van der Waals surface area contributed by atoms with Crippen LogP contribution in [0.3, 0.4) is 0 Å². The molecular formula is C19H29N5O2S. The molecule has 148 valence electrons. The molecule has 0 saturated carbocycles. The number of hydrogen-bond acceptors (Lipinski definition) is 6. The van der Waals surface area contributed by atoms with Crippen molar-refractivity contribution in [1.82, 2.24) is 15.2 Å². The predicted molar refractivity (Wildman–Crippen MR) is 112 cm³/mol. The molecule has 7 nitrogen and oxygen atoms in total. The maximum absolute atomic E-state index is 5.43. The Morgan fingerprint density at radius 3 is 2.41 bits per heavy atom. The molecule has 8 heteroatoms. The summed E-state index contributed by atoms with van der Waals surface area (Å²) >= 11 is 1.63. The highest BCUT2D eigenvalue weighted by Crippen LogP contribution is 2.30. The van der Waals surface area contributed by atoms with Gasteiger partial charge in [-0.2, -0.15) is 0 Å². The van der Waals surface area contributed by atoms with E-state index < -0.39 is 0 Å². The zero-order chi connectivity index (χ0) is 20.0. The molecule has 0 fully saturated rings. The van der Waals surface area contributed by atoms with Gasteiger partial charge in [-0.15, -0.1) is 11.3 Å². The Labute approximate surface area is 165 Å². The van der Waals surface area contributed by atoms with Crippen LogP contribution in [0.4, 0.5) is 5.13 Å². The third kappa shape index (κ3) is 5.26. The van der Waals surface area contributed by atoms with Crippen LogP contribution in [0.2, 0.25) is 0 Å². The Hall–Kier alpha value is -2.48. The number of rotatable bonds is 7. The molecule has 1 N–H and O–H groups in total. The van der Waals surface area contributed by atoms with Crippen molar-refractivity contribution in [3.63, 3.8) is 0 Å². The minimum atomic E-state index is 0.631. The third-order valence-corrected chi connectivity index (χ3v) is 5.23. The van der Waals surface area contributed by atoms with Gasteiger partial charge in [-0.1, -0.05) is 0 Å². The van der Waals surface area contributed by atoms with Crippen molar-refractivity contribution in [1.29, 1.82) is 0 Å². The fourth-order valence-corrected chi connectivity index (χ4v) is 3.42. The smallest absolute Gasteiger partial charge is 0.194 e. The Bertz CT molecular complexity index is 788. The topological polar surface area (TPSA) is 62.2 Å². The lowest BCUT2D eigenvalue weighted by Gasteiger charge is -2.23. The van der Waals surface area contributed by atoms with Crippen LogP contribution in [0.1, 0.15) is 16.8 Å². The minimum Gasteiger partial charge on any atom is -0.493 e. The molecule has 1 aromatic heterocycles. The average molecular weight is 392 g/mol. The molecule has 0 radical (unpaired) electrons. The van der Waals surface area contributed by atoms with Crippen molar-refractivity contribution < 1.29 is 9.47 Å². The first-order valence-corrected chi connectivity index (χ1v) is 9.52. The monoisotopic (exact) mass is 391 g/mol. The van der Waals surface area contributed by atoms with Crippen LogP contribution in [-0.2, 0) is 13.1 Å². The molecule has 0 aliphatic heterocycles. The maximum Gasteiger partial charge on any atom is 0.194 e. The average Bonchev–Trinajstić information content (AvgIpc) is 3.12. The highest BCUT2D eigenvalue weighted by molar-refractivity contribution is 7.13. The number of methoxy groups -OCH3 is 2. The van der Waals surface area contributed by atoms with Gasteiger partial charge in [0, 0.05) is 40.1 Å². The second kappa shape index (κ2) is 9.45. The van der Waals surface area contributed by atoms with Crippen LogP contribution in [-0.4, -0.2) is 58.3 Å². The van der Waals surface area contributed by atoms with Gasteiger partial charge in [-0.3, -0.25) is 4.99 Å². The first-order chi connectivity index (χ1) is 12.9. The Morgan fingerprint density at radius 2 is 1.85 bits per heavy atom. The molecular weight excluding hydrogens is 362 g/mol. The first-order valence-electron chi connectivity index (χ1n) is 8.64. The second-order valence-corrected chi connectivity index (χ2v) is 7.24. The number of hydrogen-bond donors (Lipinski definition) is 1. The molecule has 0 amide bonds. The van der Waals surface area contributed by atoms with Crippen LogP contribution in [0.25, 0.3) is 0 Å². The number of benzene rings is 1. The summed E-state index contributed by atoms with van der Waals surface area (Å²) in [7, 11) is 11.1. The molecule has 1 aromatic carbocycles. The van der Waals surface area contributed by atoms with Gasteiger partial charge in [0.2, 0.25) is 0 Å². The summed E-state index contributed by atoms with van der Waals surface area (Å²) in [4.78, 5) is 13.1. The van der Waals surface area contributed by atoms with Crippen molar-refractivity contribution in [3.05, 3.63) is 34.3 Å². The summed E-state index contributed by atoms with van der Waals surface area (Å²) in [6.07, 6.45) is 0. The van der Waals surface area contributed by atoms with E-state index in [0.29, 0.717) is 13.1 Å². The van der Waals surface area contributed by atoms with E-state index in [0.717, 1.165) is 39.4 Å². The fourth-order valence-electron chi connectivity index (χ4n) is 2.66. The number of aliphatic imine (C=N–C) groups is 1. The van der Waals surface area contributed by atoms with Crippen molar-refractivity contribution in [2.75, 3.05) is 47.3 Å². The minimum absolute atomic E-state index is 0.631. The fraction of sp³-hybridized carbons (Fsp3) is 0.474. The number of nitrogens with zero attached hydrogens (tertiary/aromatic N) is 4. The Morgan fingerprint density at radius 1 is 1.19 bits per heavy atom. The lowest BCUT2D eigenvalue weighted by Crippen LogP contribution is -2.38. The molecule has 0 spiro atoms. The highest BCUT2D eigenvalue weighted by Gasteiger charge is 2.13. The van der Waals surface area contributed by atoms with Crippen LogP contribution in [0, 0.1) is 6.92 Å². The number of ether oxygens (including phenoxy) is 2. The SMILES string of the molecule is CN=C(NCc1csc(N(C)C)n1)N(C)Cc1cc(OC)c(OC)cc1C. The normalized spacial score (nSPS) is 11.3. The van der Waals surface area contributed by atoms with Crippen LogP contribution in [0.15, 0.2) is 22.5 Å². The van der Waals surface area contributed by atoms with Gasteiger partial charge >= 0.3 is 0 Å². The Balaban J connectivity index is 2.05. The van der Waals surface area contributed by atoms with Gasteiger partial charge < -0.3 is 24.6 Å². The van der Waals surface area contributed by atoms with E-state index in [2.05, 4.69) is 32.5 Å². The maximum atomic E-state index is 5.43. The van der Waals surface area contributed by atoms with Gasteiger partial charge in [0.05, 0.1) is 26.5 Å². The summed E-state index contributed by atoms with van der Waals surface area (Å²) in [5, 5.41) is 6.43. The molecule has 1 heterocycles. The van der Waals surface area contributed by atoms with E-state index >= 15 is 0 Å². The molecule has 2 aromatic rings. The van der Waals surface area contributed by atoms with Crippen molar-refractivity contribution in [2.45, 2.75) is 20.0 Å². The van der Waals surface area contributed by atoms with Gasteiger partial charge in [-0.05, 0) is 30.2 Å². The second-order valence-electron chi connectivity index (χ2n) is 6.41.